The van der Waals surface area contributed by atoms with Crippen molar-refractivity contribution in [2.24, 2.45) is 5.92 Å². The topological polar surface area (TPSA) is 51.1 Å². The Hall–Kier alpha value is -1.69. The summed E-state index contributed by atoms with van der Waals surface area (Å²) in [5.74, 6) is 1.21. The van der Waals surface area contributed by atoms with Gasteiger partial charge in [-0.25, -0.2) is 4.98 Å². The Balaban J connectivity index is 1.59. The fourth-order valence-corrected chi connectivity index (χ4v) is 3.59. The zero-order valence-electron chi connectivity index (χ0n) is 14.0. The Kier molecular flexibility index (Phi) is 4.80. The minimum Gasteiger partial charge on any atom is -0.477 e. The second-order valence-electron chi connectivity index (χ2n) is 7.07. The van der Waals surface area contributed by atoms with E-state index in [2.05, 4.69) is 40.9 Å². The highest BCUT2D eigenvalue weighted by Gasteiger charge is 2.25. The number of hydrogen-bond acceptors (Lipinski definition) is 6. The molecule has 2 aromatic heterocycles. The van der Waals surface area contributed by atoms with Crippen LogP contribution in [-0.4, -0.2) is 34.9 Å². The first-order valence-corrected chi connectivity index (χ1v) is 8.97. The SMILES string of the molecule is CC(C)(C)c1nnc(N2CCCC(COc3ccccn3)C2)s1. The molecule has 0 radical (unpaired) electrons. The second-order valence-corrected chi connectivity index (χ2v) is 8.03. The van der Waals surface area contributed by atoms with Gasteiger partial charge in [-0.15, -0.1) is 10.2 Å². The third-order valence-corrected chi connectivity index (χ3v) is 5.36. The zero-order valence-corrected chi connectivity index (χ0v) is 14.8. The van der Waals surface area contributed by atoms with E-state index < -0.39 is 0 Å². The lowest BCUT2D eigenvalue weighted by Gasteiger charge is -2.32. The number of pyridine rings is 1. The van der Waals surface area contributed by atoms with Gasteiger partial charge < -0.3 is 9.64 Å². The molecule has 0 amide bonds. The summed E-state index contributed by atoms with van der Waals surface area (Å²) in [7, 11) is 0. The quantitative estimate of drug-likeness (QED) is 0.857. The van der Waals surface area contributed by atoms with E-state index in [9.17, 15) is 0 Å². The predicted molar refractivity (Wildman–Crippen MR) is 93.3 cm³/mol. The van der Waals surface area contributed by atoms with Crippen molar-refractivity contribution in [1.82, 2.24) is 15.2 Å². The van der Waals surface area contributed by atoms with E-state index in [-0.39, 0.29) is 5.41 Å². The molecule has 0 N–H and O–H groups in total. The first-order chi connectivity index (χ1) is 11.0. The van der Waals surface area contributed by atoms with Crippen LogP contribution in [0.25, 0.3) is 0 Å². The van der Waals surface area contributed by atoms with Gasteiger partial charge in [0.25, 0.3) is 0 Å². The maximum atomic E-state index is 5.82. The van der Waals surface area contributed by atoms with E-state index >= 15 is 0 Å². The number of anilines is 1. The van der Waals surface area contributed by atoms with E-state index in [1.807, 2.05) is 18.2 Å². The molecule has 1 fully saturated rings. The predicted octanol–water partition coefficient (Wildman–Crippen LogP) is 3.53. The lowest BCUT2D eigenvalue weighted by molar-refractivity contribution is 0.222. The summed E-state index contributed by atoms with van der Waals surface area (Å²) in [6.45, 7) is 9.27. The summed E-state index contributed by atoms with van der Waals surface area (Å²) in [4.78, 5) is 6.56. The van der Waals surface area contributed by atoms with Crippen LogP contribution in [0, 0.1) is 5.92 Å². The molecule has 1 unspecified atom stereocenters. The number of ether oxygens (including phenoxy) is 1. The Morgan fingerprint density at radius 2 is 2.17 bits per heavy atom. The molecular weight excluding hydrogens is 308 g/mol. The van der Waals surface area contributed by atoms with E-state index in [0.29, 0.717) is 18.4 Å². The zero-order chi connectivity index (χ0) is 16.3. The third kappa shape index (κ3) is 4.19. The van der Waals surface area contributed by atoms with E-state index in [4.69, 9.17) is 4.74 Å². The molecule has 1 aliphatic heterocycles. The lowest BCUT2D eigenvalue weighted by Crippen LogP contribution is -2.37. The number of hydrogen-bond donors (Lipinski definition) is 0. The van der Waals surface area contributed by atoms with Crippen molar-refractivity contribution in [3.63, 3.8) is 0 Å². The van der Waals surface area contributed by atoms with Crippen molar-refractivity contribution in [1.29, 1.82) is 0 Å². The van der Waals surface area contributed by atoms with Crippen LogP contribution in [-0.2, 0) is 5.41 Å². The summed E-state index contributed by atoms with van der Waals surface area (Å²) < 4.78 is 5.82. The van der Waals surface area contributed by atoms with Crippen LogP contribution >= 0.6 is 11.3 Å². The summed E-state index contributed by atoms with van der Waals surface area (Å²) in [6, 6.07) is 5.75. The minimum absolute atomic E-state index is 0.0627. The summed E-state index contributed by atoms with van der Waals surface area (Å²) in [5.41, 5.74) is 0.0627. The molecule has 0 saturated carbocycles. The number of aromatic nitrogens is 3. The number of nitrogens with zero attached hydrogens (tertiary/aromatic N) is 4. The normalized spacial score (nSPS) is 18.9. The van der Waals surface area contributed by atoms with Crippen LogP contribution in [0.5, 0.6) is 5.88 Å². The number of piperidine rings is 1. The van der Waals surface area contributed by atoms with Gasteiger partial charge in [0.15, 0.2) is 0 Å². The van der Waals surface area contributed by atoms with Crippen molar-refractivity contribution in [3.05, 3.63) is 29.4 Å². The van der Waals surface area contributed by atoms with Crippen LogP contribution in [0.2, 0.25) is 0 Å². The van der Waals surface area contributed by atoms with Gasteiger partial charge in [0.2, 0.25) is 11.0 Å². The molecule has 124 valence electrons. The van der Waals surface area contributed by atoms with Crippen molar-refractivity contribution in [2.75, 3.05) is 24.6 Å². The molecule has 1 atom stereocenters. The molecule has 6 heteroatoms. The van der Waals surface area contributed by atoms with Gasteiger partial charge in [0, 0.05) is 36.7 Å². The highest BCUT2D eigenvalue weighted by atomic mass is 32.1. The Labute approximate surface area is 141 Å². The molecule has 0 bridgehead atoms. The van der Waals surface area contributed by atoms with Gasteiger partial charge in [-0.3, -0.25) is 0 Å². The molecule has 2 aromatic rings. The van der Waals surface area contributed by atoms with Crippen molar-refractivity contribution in [3.8, 4) is 5.88 Å². The molecule has 1 saturated heterocycles. The Morgan fingerprint density at radius 3 is 2.87 bits per heavy atom. The van der Waals surface area contributed by atoms with Gasteiger partial charge in [0.05, 0.1) is 6.61 Å². The highest BCUT2D eigenvalue weighted by Crippen LogP contribution is 2.31. The first kappa shape index (κ1) is 16.2. The smallest absolute Gasteiger partial charge is 0.213 e. The van der Waals surface area contributed by atoms with E-state index in [0.717, 1.165) is 23.2 Å². The molecular formula is C17H24N4OS. The number of rotatable bonds is 4. The maximum Gasteiger partial charge on any atom is 0.213 e. The highest BCUT2D eigenvalue weighted by molar-refractivity contribution is 7.15. The second kappa shape index (κ2) is 6.83. The van der Waals surface area contributed by atoms with Crippen molar-refractivity contribution >= 4 is 16.5 Å². The van der Waals surface area contributed by atoms with E-state index in [1.165, 1.54) is 12.8 Å². The molecule has 1 aliphatic rings. The van der Waals surface area contributed by atoms with Gasteiger partial charge in [-0.05, 0) is 18.9 Å². The molecule has 0 spiro atoms. The third-order valence-electron chi connectivity index (χ3n) is 3.95. The summed E-state index contributed by atoms with van der Waals surface area (Å²) in [5, 5.41) is 10.9. The average molecular weight is 332 g/mol. The van der Waals surface area contributed by atoms with Gasteiger partial charge in [0.1, 0.15) is 5.01 Å². The molecule has 5 nitrogen and oxygen atoms in total. The van der Waals surface area contributed by atoms with E-state index in [1.54, 1.807) is 17.5 Å². The van der Waals surface area contributed by atoms with Crippen LogP contribution in [0.1, 0.15) is 38.6 Å². The molecule has 0 aromatic carbocycles. The summed E-state index contributed by atoms with van der Waals surface area (Å²) in [6.07, 6.45) is 4.12. The van der Waals surface area contributed by atoms with Crippen LogP contribution in [0.4, 0.5) is 5.13 Å². The van der Waals surface area contributed by atoms with Crippen molar-refractivity contribution < 1.29 is 4.74 Å². The molecule has 23 heavy (non-hydrogen) atoms. The average Bonchev–Trinajstić information content (AvgIpc) is 3.05. The minimum atomic E-state index is 0.0627. The largest absolute Gasteiger partial charge is 0.477 e. The van der Waals surface area contributed by atoms with Crippen LogP contribution in [0.3, 0.4) is 0 Å². The lowest BCUT2D eigenvalue weighted by atomic mass is 9.98. The summed E-state index contributed by atoms with van der Waals surface area (Å²) >= 11 is 1.71. The molecule has 0 aliphatic carbocycles. The van der Waals surface area contributed by atoms with Crippen molar-refractivity contribution in [2.45, 2.75) is 39.0 Å². The monoisotopic (exact) mass is 332 g/mol. The first-order valence-electron chi connectivity index (χ1n) is 8.15. The van der Waals surface area contributed by atoms with Gasteiger partial charge in [-0.2, -0.15) is 0 Å². The molecule has 3 heterocycles. The molecule has 3 rings (SSSR count). The maximum absolute atomic E-state index is 5.82. The van der Waals surface area contributed by atoms with Gasteiger partial charge in [-0.1, -0.05) is 38.2 Å². The Morgan fingerprint density at radius 1 is 1.30 bits per heavy atom. The van der Waals surface area contributed by atoms with Gasteiger partial charge >= 0.3 is 0 Å². The fourth-order valence-electron chi connectivity index (χ4n) is 2.66. The van der Waals surface area contributed by atoms with Crippen LogP contribution in [0.15, 0.2) is 24.4 Å². The fraction of sp³-hybridized carbons (Fsp3) is 0.588. The Bertz CT molecular complexity index is 623. The standard InChI is InChI=1S/C17H24N4OS/c1-17(2,3)15-19-20-16(23-15)21-10-6-7-13(11-21)12-22-14-8-4-5-9-18-14/h4-5,8-9,13H,6-7,10-12H2,1-3H3. The van der Waals surface area contributed by atoms with Crippen LogP contribution < -0.4 is 9.64 Å².